The molecule has 0 radical (unpaired) electrons. The Hall–Kier alpha value is -3.18. The van der Waals surface area contributed by atoms with Gasteiger partial charge < -0.3 is 9.64 Å². The zero-order valence-corrected chi connectivity index (χ0v) is 20.7. The normalized spacial score (nSPS) is 21.6. The number of carbonyl (C=O) groups is 2. The third kappa shape index (κ3) is 3.98. The summed E-state index contributed by atoms with van der Waals surface area (Å²) in [5.74, 6) is 1.06. The number of ether oxygens (including phenoxy) is 1. The molecule has 0 aliphatic carbocycles. The number of methoxy groups -OCH3 is 1. The highest BCUT2D eigenvalue weighted by atomic mass is 28.3. The van der Waals surface area contributed by atoms with Gasteiger partial charge in [0.2, 0.25) is 5.91 Å². The highest BCUT2D eigenvalue weighted by molar-refractivity contribution is 7.03. The largest absolute Gasteiger partial charge is 0.496 e. The third-order valence-electron chi connectivity index (χ3n) is 7.83. The predicted octanol–water partition coefficient (Wildman–Crippen LogP) is 3.69. The van der Waals surface area contributed by atoms with Gasteiger partial charge >= 0.3 is 0 Å². The second kappa shape index (κ2) is 9.59. The summed E-state index contributed by atoms with van der Waals surface area (Å²) in [5, 5.41) is 2.76. The molecule has 1 amide bonds. The van der Waals surface area contributed by atoms with E-state index in [1.165, 1.54) is 10.4 Å². The quantitative estimate of drug-likeness (QED) is 0.536. The van der Waals surface area contributed by atoms with Crippen molar-refractivity contribution in [2.24, 2.45) is 5.92 Å². The average Bonchev–Trinajstić information content (AvgIpc) is 3.29. The van der Waals surface area contributed by atoms with Crippen LogP contribution in [0.1, 0.15) is 18.4 Å². The molecule has 0 saturated carbocycles. The smallest absolute Gasteiger partial charge is 0.227 e. The fourth-order valence-corrected chi connectivity index (χ4v) is 12.2. The molecule has 2 aliphatic heterocycles. The molecule has 0 spiro atoms. The molecule has 2 fully saturated rings. The molecule has 0 N–H and O–H groups in total. The zero-order valence-electron chi connectivity index (χ0n) is 19.7. The van der Waals surface area contributed by atoms with Crippen molar-refractivity contribution in [2.75, 3.05) is 20.2 Å². The fourth-order valence-electron chi connectivity index (χ4n) is 6.22. The molecular formula is C29H31NO3Si. The first-order valence-electron chi connectivity index (χ1n) is 12.2. The van der Waals surface area contributed by atoms with Crippen molar-refractivity contribution >= 4 is 30.1 Å². The molecule has 5 heteroatoms. The minimum Gasteiger partial charge on any atom is -0.496 e. The van der Waals surface area contributed by atoms with Gasteiger partial charge in [-0.25, -0.2) is 0 Å². The molecule has 2 aliphatic rings. The molecule has 0 aromatic heterocycles. The zero-order chi connectivity index (χ0) is 23.5. The summed E-state index contributed by atoms with van der Waals surface area (Å²) in [7, 11) is -0.659. The number of ketones is 1. The molecule has 4 nitrogen and oxygen atoms in total. The van der Waals surface area contributed by atoms with Crippen LogP contribution in [-0.2, 0) is 16.0 Å². The second-order valence-corrected chi connectivity index (χ2v) is 13.9. The molecule has 0 unspecified atom stereocenters. The Kier molecular flexibility index (Phi) is 6.37. The van der Waals surface area contributed by atoms with E-state index in [4.69, 9.17) is 4.74 Å². The van der Waals surface area contributed by atoms with Gasteiger partial charge in [-0.15, -0.1) is 0 Å². The number of para-hydroxylation sites is 1. The van der Waals surface area contributed by atoms with Crippen molar-refractivity contribution < 1.29 is 14.3 Å². The molecule has 3 aromatic rings. The van der Waals surface area contributed by atoms with Gasteiger partial charge in [-0.05, 0) is 24.1 Å². The Morgan fingerprint density at radius 3 is 2.18 bits per heavy atom. The first kappa shape index (κ1) is 22.6. The van der Waals surface area contributed by atoms with E-state index in [9.17, 15) is 9.59 Å². The van der Waals surface area contributed by atoms with Crippen molar-refractivity contribution in [3.8, 4) is 5.75 Å². The van der Waals surface area contributed by atoms with Crippen LogP contribution in [0.25, 0.3) is 0 Å². The summed E-state index contributed by atoms with van der Waals surface area (Å²) < 4.78 is 5.47. The monoisotopic (exact) mass is 469 g/mol. The number of amides is 1. The van der Waals surface area contributed by atoms with Crippen molar-refractivity contribution in [3.63, 3.8) is 0 Å². The van der Waals surface area contributed by atoms with Gasteiger partial charge in [0.25, 0.3) is 0 Å². The lowest BCUT2D eigenvalue weighted by Gasteiger charge is -2.39. The fraction of sp³-hybridized carbons (Fsp3) is 0.310. The number of carbonyl (C=O) groups excluding carboxylic acids is 2. The van der Waals surface area contributed by atoms with Crippen molar-refractivity contribution in [1.29, 1.82) is 0 Å². The number of hydrogen-bond donors (Lipinski definition) is 0. The Labute approximate surface area is 202 Å². The molecule has 34 heavy (non-hydrogen) atoms. The van der Waals surface area contributed by atoms with Crippen LogP contribution in [0.2, 0.25) is 11.6 Å². The van der Waals surface area contributed by atoms with E-state index in [1.54, 1.807) is 7.11 Å². The van der Waals surface area contributed by atoms with Crippen molar-refractivity contribution in [2.45, 2.75) is 30.8 Å². The predicted molar refractivity (Wildman–Crippen MR) is 137 cm³/mol. The van der Waals surface area contributed by atoms with Crippen LogP contribution in [0.15, 0.2) is 84.9 Å². The lowest BCUT2D eigenvalue weighted by Crippen LogP contribution is -2.63. The number of benzene rings is 3. The molecule has 2 saturated heterocycles. The van der Waals surface area contributed by atoms with Gasteiger partial charge in [0, 0.05) is 31.0 Å². The highest BCUT2D eigenvalue weighted by Crippen LogP contribution is 2.43. The molecule has 0 bridgehead atoms. The van der Waals surface area contributed by atoms with Crippen molar-refractivity contribution in [3.05, 3.63) is 90.5 Å². The maximum atomic E-state index is 13.5. The highest BCUT2D eigenvalue weighted by Gasteiger charge is 2.55. The van der Waals surface area contributed by atoms with E-state index in [2.05, 4.69) is 60.7 Å². The van der Waals surface area contributed by atoms with Crippen LogP contribution in [0.4, 0.5) is 0 Å². The SMILES string of the molecule is COc1ccccc1CC(=O)N1C[C@@H]2C(=O)CCC[Si](c3ccccc3)(c3ccccc3)[C@H]2C1. The summed E-state index contributed by atoms with van der Waals surface area (Å²) >= 11 is 0. The van der Waals surface area contributed by atoms with Gasteiger partial charge in [0.15, 0.2) is 0 Å². The number of hydrogen-bond acceptors (Lipinski definition) is 3. The van der Waals surface area contributed by atoms with E-state index in [-0.39, 0.29) is 17.4 Å². The van der Waals surface area contributed by atoms with E-state index >= 15 is 0 Å². The van der Waals surface area contributed by atoms with Crippen LogP contribution in [0.3, 0.4) is 0 Å². The van der Waals surface area contributed by atoms with Crippen LogP contribution in [-0.4, -0.2) is 44.9 Å². The third-order valence-corrected chi connectivity index (χ3v) is 13.5. The Morgan fingerprint density at radius 1 is 0.912 bits per heavy atom. The Morgan fingerprint density at radius 2 is 1.53 bits per heavy atom. The summed E-state index contributed by atoms with van der Waals surface area (Å²) in [6, 6.07) is 30.4. The topological polar surface area (TPSA) is 46.6 Å². The Bertz CT molecular complexity index is 1120. The molecule has 5 rings (SSSR count). The second-order valence-electron chi connectivity index (χ2n) is 9.52. The van der Waals surface area contributed by atoms with E-state index < -0.39 is 8.07 Å². The van der Waals surface area contributed by atoms with E-state index in [1.807, 2.05) is 29.2 Å². The first-order chi connectivity index (χ1) is 16.6. The van der Waals surface area contributed by atoms with Gasteiger partial charge in [-0.2, -0.15) is 0 Å². The van der Waals surface area contributed by atoms with E-state index in [0.717, 1.165) is 23.8 Å². The standard InChI is InChI=1S/C29H31NO3Si/c1-33-27-17-9-8-11-22(27)19-29(32)30-20-25-26(31)16-10-18-34(28(25)21-30,23-12-4-2-5-13-23)24-14-6-3-7-15-24/h2-9,11-15,17,25,28H,10,16,18-21H2,1H3/t25-,28+/m1/s1. The van der Waals surface area contributed by atoms with Crippen LogP contribution in [0, 0.1) is 5.92 Å². The molecule has 174 valence electrons. The van der Waals surface area contributed by atoms with Gasteiger partial charge in [-0.1, -0.05) is 89.2 Å². The summed E-state index contributed by atoms with van der Waals surface area (Å²) in [4.78, 5) is 28.8. The van der Waals surface area contributed by atoms with Gasteiger partial charge in [0.05, 0.1) is 13.5 Å². The minimum absolute atomic E-state index is 0.0781. The van der Waals surface area contributed by atoms with Crippen LogP contribution < -0.4 is 15.1 Å². The molecule has 3 aromatic carbocycles. The number of Topliss-reactive ketones (excluding diaryl/α,β-unsaturated/α-hetero) is 1. The number of fused-ring (bicyclic) bond motifs is 1. The minimum atomic E-state index is -2.29. The lowest BCUT2D eigenvalue weighted by molar-refractivity contribution is -0.129. The van der Waals surface area contributed by atoms with Crippen molar-refractivity contribution in [1.82, 2.24) is 4.90 Å². The first-order valence-corrected chi connectivity index (χ1v) is 14.5. The maximum absolute atomic E-state index is 13.5. The summed E-state index contributed by atoms with van der Waals surface area (Å²) in [6.07, 6.45) is 1.84. The summed E-state index contributed by atoms with van der Waals surface area (Å²) in [5.41, 5.74) is 1.08. The molecule has 2 atom stereocenters. The molecular weight excluding hydrogens is 438 g/mol. The van der Waals surface area contributed by atoms with Crippen LogP contribution >= 0.6 is 0 Å². The van der Waals surface area contributed by atoms with Gasteiger partial charge in [-0.3, -0.25) is 9.59 Å². The van der Waals surface area contributed by atoms with Crippen LogP contribution in [0.5, 0.6) is 5.75 Å². The lowest BCUT2D eigenvalue weighted by atomic mass is 10.00. The number of nitrogens with zero attached hydrogens (tertiary/aromatic N) is 1. The van der Waals surface area contributed by atoms with E-state index in [0.29, 0.717) is 31.7 Å². The number of rotatable bonds is 5. The Balaban J connectivity index is 1.53. The van der Waals surface area contributed by atoms with Gasteiger partial charge in [0.1, 0.15) is 19.6 Å². The number of likely N-dealkylation sites (tertiary alicyclic amines) is 1. The maximum Gasteiger partial charge on any atom is 0.227 e. The average molecular weight is 470 g/mol. The molecule has 2 heterocycles. The summed E-state index contributed by atoms with van der Waals surface area (Å²) in [6.45, 7) is 1.19.